The molecule has 0 aliphatic carbocycles. The van der Waals surface area contributed by atoms with Crippen LogP contribution in [0, 0.1) is 0 Å². The summed E-state index contributed by atoms with van der Waals surface area (Å²) in [5.41, 5.74) is 5.47. The van der Waals surface area contributed by atoms with Gasteiger partial charge in [-0.1, -0.05) is 12.1 Å². The number of hydrogen-bond donors (Lipinski definition) is 2. The van der Waals surface area contributed by atoms with Crippen molar-refractivity contribution >= 4 is 35.3 Å². The highest BCUT2D eigenvalue weighted by Crippen LogP contribution is 2.27. The van der Waals surface area contributed by atoms with E-state index in [-0.39, 0.29) is 0 Å². The summed E-state index contributed by atoms with van der Waals surface area (Å²) in [4.78, 5) is 11.8. The van der Waals surface area contributed by atoms with Gasteiger partial charge in [-0.25, -0.2) is 4.98 Å². The van der Waals surface area contributed by atoms with E-state index in [0.29, 0.717) is 6.61 Å². The highest BCUT2D eigenvalue weighted by molar-refractivity contribution is 5.89. The maximum Gasteiger partial charge on any atom is 0.137 e. The van der Waals surface area contributed by atoms with E-state index in [1.54, 1.807) is 19.5 Å². The Balaban J connectivity index is 1.26. The van der Waals surface area contributed by atoms with Gasteiger partial charge in [0, 0.05) is 41.2 Å². The molecule has 7 heteroatoms. The Bertz CT molecular complexity index is 1450. The first-order chi connectivity index (χ1) is 16.8. The van der Waals surface area contributed by atoms with Crippen LogP contribution < -0.4 is 9.47 Å². The van der Waals surface area contributed by atoms with Gasteiger partial charge >= 0.3 is 0 Å². The number of nitrogens with one attached hydrogen (secondary N) is 2. The van der Waals surface area contributed by atoms with Crippen LogP contribution in [0.4, 0.5) is 0 Å². The van der Waals surface area contributed by atoms with Gasteiger partial charge in [-0.15, -0.1) is 0 Å². The van der Waals surface area contributed by atoms with Gasteiger partial charge in [-0.3, -0.25) is 10.1 Å². The third-order valence-corrected chi connectivity index (χ3v) is 5.29. The molecule has 0 aliphatic rings. The predicted octanol–water partition coefficient (Wildman–Crippen LogP) is 5.61. The molecule has 168 valence electrons. The lowest BCUT2D eigenvalue weighted by Crippen LogP contribution is -1.98. The second-order valence-electron chi connectivity index (χ2n) is 7.57. The van der Waals surface area contributed by atoms with Crippen molar-refractivity contribution in [2.75, 3.05) is 7.11 Å². The van der Waals surface area contributed by atoms with Gasteiger partial charge in [0.1, 0.15) is 23.8 Å². The summed E-state index contributed by atoms with van der Waals surface area (Å²) in [6.07, 6.45) is 13.4. The van der Waals surface area contributed by atoms with Gasteiger partial charge < -0.3 is 14.5 Å². The van der Waals surface area contributed by atoms with Crippen molar-refractivity contribution in [3.8, 4) is 11.5 Å². The van der Waals surface area contributed by atoms with Crippen LogP contribution in [0.25, 0.3) is 35.3 Å². The van der Waals surface area contributed by atoms with E-state index in [1.807, 2.05) is 85.1 Å². The van der Waals surface area contributed by atoms with Gasteiger partial charge in [-0.05, 0) is 60.7 Å². The summed E-state index contributed by atoms with van der Waals surface area (Å²) in [7, 11) is 1.65. The number of pyridine rings is 2. The number of ether oxygens (including phenoxy) is 2. The molecule has 2 N–H and O–H groups in total. The monoisotopic (exact) mass is 449 g/mol. The summed E-state index contributed by atoms with van der Waals surface area (Å²) >= 11 is 0. The Hall–Kier alpha value is -4.65. The number of fused-ring (bicyclic) bond motifs is 1. The standard InChI is InChI=1S/C27H23N5O2/c1-33-26-16-24(34-18-23-5-2-3-13-28-23)12-9-19(26)7-10-21-15-22(32-31-21)11-8-20-17-30-27-25(20)6-4-14-29-27/h2-17H,18H2,1H3,(H,29,30)(H,31,32)/b10-7+,11-8+. The molecule has 4 aromatic heterocycles. The Morgan fingerprint density at radius 3 is 2.68 bits per heavy atom. The SMILES string of the molecule is COc1cc(OCc2ccccn2)ccc1/C=C/c1cc(/C=C/c2c[nH]c3ncccc23)n[nH]1. The number of H-pyrrole nitrogens is 2. The molecule has 0 fully saturated rings. The van der Waals surface area contributed by atoms with Crippen LogP contribution in [0.1, 0.15) is 28.2 Å². The van der Waals surface area contributed by atoms with Crippen LogP contribution in [0.5, 0.6) is 11.5 Å². The van der Waals surface area contributed by atoms with Crippen molar-refractivity contribution in [3.63, 3.8) is 0 Å². The fourth-order valence-corrected chi connectivity index (χ4v) is 3.55. The van der Waals surface area contributed by atoms with E-state index in [4.69, 9.17) is 9.47 Å². The maximum absolute atomic E-state index is 5.84. The van der Waals surface area contributed by atoms with Gasteiger partial charge in [0.05, 0.1) is 24.2 Å². The Morgan fingerprint density at radius 1 is 0.882 bits per heavy atom. The molecular formula is C27H23N5O2. The first-order valence-corrected chi connectivity index (χ1v) is 10.8. The lowest BCUT2D eigenvalue weighted by Gasteiger charge is -2.09. The van der Waals surface area contributed by atoms with Crippen LogP contribution in [-0.2, 0) is 6.61 Å². The highest BCUT2D eigenvalue weighted by Gasteiger charge is 2.05. The number of nitrogens with zero attached hydrogens (tertiary/aromatic N) is 3. The zero-order valence-electron chi connectivity index (χ0n) is 18.6. The van der Waals surface area contributed by atoms with Crippen LogP contribution in [0.3, 0.4) is 0 Å². The van der Waals surface area contributed by atoms with Crippen molar-refractivity contribution < 1.29 is 9.47 Å². The van der Waals surface area contributed by atoms with E-state index < -0.39 is 0 Å². The van der Waals surface area contributed by atoms with Crippen molar-refractivity contribution in [2.24, 2.45) is 0 Å². The van der Waals surface area contributed by atoms with E-state index in [0.717, 1.165) is 50.7 Å². The number of rotatable bonds is 8. The zero-order valence-corrected chi connectivity index (χ0v) is 18.6. The van der Waals surface area contributed by atoms with Crippen molar-refractivity contribution in [2.45, 2.75) is 6.61 Å². The van der Waals surface area contributed by atoms with Gasteiger partial charge in [0.15, 0.2) is 0 Å². The largest absolute Gasteiger partial charge is 0.496 e. The van der Waals surface area contributed by atoms with Gasteiger partial charge in [-0.2, -0.15) is 5.10 Å². The van der Waals surface area contributed by atoms with Crippen LogP contribution in [0.15, 0.2) is 73.2 Å². The number of hydrogen-bond acceptors (Lipinski definition) is 5. The van der Waals surface area contributed by atoms with Gasteiger partial charge in [0.2, 0.25) is 0 Å². The summed E-state index contributed by atoms with van der Waals surface area (Å²) in [5, 5.41) is 8.50. The van der Waals surface area contributed by atoms with Crippen molar-refractivity contribution in [1.29, 1.82) is 0 Å². The maximum atomic E-state index is 5.84. The smallest absolute Gasteiger partial charge is 0.137 e. The Morgan fingerprint density at radius 2 is 1.79 bits per heavy atom. The molecule has 0 amide bonds. The molecule has 0 unspecified atom stereocenters. The molecule has 0 atom stereocenters. The minimum absolute atomic E-state index is 0.401. The predicted molar refractivity (Wildman–Crippen MR) is 134 cm³/mol. The van der Waals surface area contributed by atoms with Gasteiger partial charge in [0.25, 0.3) is 0 Å². The third kappa shape index (κ3) is 4.88. The molecule has 1 aromatic carbocycles. The highest BCUT2D eigenvalue weighted by atomic mass is 16.5. The summed E-state index contributed by atoms with van der Waals surface area (Å²) in [5.74, 6) is 1.45. The average Bonchev–Trinajstić information content (AvgIpc) is 3.52. The molecule has 0 radical (unpaired) electrons. The average molecular weight is 450 g/mol. The zero-order chi connectivity index (χ0) is 23.2. The summed E-state index contributed by atoms with van der Waals surface area (Å²) in [6.45, 7) is 0.401. The molecule has 0 saturated heterocycles. The number of benzene rings is 1. The van der Waals surface area contributed by atoms with E-state index in [1.165, 1.54) is 0 Å². The molecule has 0 aliphatic heterocycles. The second-order valence-corrected chi connectivity index (χ2v) is 7.57. The Kier molecular flexibility index (Phi) is 6.16. The molecule has 4 heterocycles. The summed E-state index contributed by atoms with van der Waals surface area (Å²) in [6, 6.07) is 17.5. The molecule has 7 nitrogen and oxygen atoms in total. The number of aromatic nitrogens is 5. The van der Waals surface area contributed by atoms with E-state index in [9.17, 15) is 0 Å². The normalized spacial score (nSPS) is 11.6. The third-order valence-electron chi connectivity index (χ3n) is 5.29. The summed E-state index contributed by atoms with van der Waals surface area (Å²) < 4.78 is 11.4. The molecule has 5 aromatic rings. The topological polar surface area (TPSA) is 88.7 Å². The van der Waals surface area contributed by atoms with Crippen LogP contribution >= 0.6 is 0 Å². The molecular weight excluding hydrogens is 426 g/mol. The minimum Gasteiger partial charge on any atom is -0.496 e. The Labute approximate surface area is 196 Å². The molecule has 5 rings (SSSR count). The van der Waals surface area contributed by atoms with Crippen molar-refractivity contribution in [1.82, 2.24) is 25.1 Å². The van der Waals surface area contributed by atoms with Crippen LogP contribution in [-0.4, -0.2) is 32.3 Å². The number of aromatic amines is 2. The van der Waals surface area contributed by atoms with Crippen LogP contribution in [0.2, 0.25) is 0 Å². The quantitative estimate of drug-likeness (QED) is 0.321. The first kappa shape index (κ1) is 21.2. The molecule has 34 heavy (non-hydrogen) atoms. The van der Waals surface area contributed by atoms with E-state index >= 15 is 0 Å². The lowest BCUT2D eigenvalue weighted by molar-refractivity contribution is 0.299. The first-order valence-electron chi connectivity index (χ1n) is 10.8. The van der Waals surface area contributed by atoms with Crippen molar-refractivity contribution in [3.05, 3.63) is 101 Å². The fourth-order valence-electron chi connectivity index (χ4n) is 3.55. The number of methoxy groups -OCH3 is 1. The molecule has 0 spiro atoms. The molecule has 0 bridgehead atoms. The second kappa shape index (κ2) is 9.87. The molecule has 0 saturated carbocycles. The lowest BCUT2D eigenvalue weighted by atomic mass is 10.1. The van der Waals surface area contributed by atoms with E-state index in [2.05, 4.69) is 25.1 Å². The fraction of sp³-hybridized carbons (Fsp3) is 0.0741. The minimum atomic E-state index is 0.401.